The van der Waals surface area contributed by atoms with Crippen molar-refractivity contribution >= 4 is 5.82 Å². The Morgan fingerprint density at radius 3 is 2.94 bits per heavy atom. The van der Waals surface area contributed by atoms with Crippen molar-refractivity contribution in [2.24, 2.45) is 0 Å². The summed E-state index contributed by atoms with van der Waals surface area (Å²) in [4.78, 5) is 6.32. The van der Waals surface area contributed by atoms with Crippen LogP contribution in [0.5, 0.6) is 0 Å². The lowest BCUT2D eigenvalue weighted by molar-refractivity contribution is 0.283. The maximum absolute atomic E-state index is 9.08. The van der Waals surface area contributed by atoms with Crippen molar-refractivity contribution in [3.8, 4) is 6.07 Å². The molecule has 1 fully saturated rings. The highest BCUT2D eigenvalue weighted by Crippen LogP contribution is 2.29. The van der Waals surface area contributed by atoms with E-state index in [4.69, 9.17) is 10.4 Å². The number of anilines is 1. The average molecular weight is 217 g/mol. The van der Waals surface area contributed by atoms with Crippen molar-refractivity contribution in [1.29, 1.82) is 5.26 Å². The van der Waals surface area contributed by atoms with Gasteiger partial charge in [-0.25, -0.2) is 4.98 Å². The number of nitriles is 1. The monoisotopic (exact) mass is 217 g/mol. The van der Waals surface area contributed by atoms with E-state index in [9.17, 15) is 0 Å². The van der Waals surface area contributed by atoms with Gasteiger partial charge in [0.15, 0.2) is 0 Å². The molecule has 2 rings (SSSR count). The molecular formula is C12H15N3O. The molecule has 1 aliphatic rings. The molecule has 0 aromatic carbocycles. The van der Waals surface area contributed by atoms with Crippen LogP contribution in [0.4, 0.5) is 5.82 Å². The molecule has 0 radical (unpaired) electrons. The normalized spacial score (nSPS) is 15.2. The zero-order chi connectivity index (χ0) is 11.4. The van der Waals surface area contributed by atoms with Gasteiger partial charge in [-0.1, -0.05) is 0 Å². The third-order valence-electron chi connectivity index (χ3n) is 3.04. The fraction of sp³-hybridized carbons (Fsp3) is 0.500. The minimum atomic E-state index is 0.0952. The highest BCUT2D eigenvalue weighted by Gasteiger charge is 2.26. The standard InChI is InChI=1S/C12H15N3O/c13-9-10-3-2-6-14-12(10)15(7-8-16)11-4-1-5-11/h2-3,6,11,16H,1,4-5,7-8H2. The third-order valence-corrected chi connectivity index (χ3v) is 3.04. The molecule has 84 valence electrons. The first kappa shape index (κ1) is 10.9. The Morgan fingerprint density at radius 1 is 1.56 bits per heavy atom. The van der Waals surface area contributed by atoms with Crippen LogP contribution in [0.2, 0.25) is 0 Å². The first-order valence-corrected chi connectivity index (χ1v) is 5.59. The molecule has 1 aromatic heterocycles. The van der Waals surface area contributed by atoms with Crippen LogP contribution in [0.15, 0.2) is 18.3 Å². The molecule has 1 saturated carbocycles. The molecule has 4 nitrogen and oxygen atoms in total. The molecule has 1 aromatic rings. The molecule has 1 N–H and O–H groups in total. The largest absolute Gasteiger partial charge is 0.395 e. The van der Waals surface area contributed by atoms with Gasteiger partial charge >= 0.3 is 0 Å². The molecule has 16 heavy (non-hydrogen) atoms. The van der Waals surface area contributed by atoms with E-state index in [1.165, 1.54) is 6.42 Å². The number of aliphatic hydroxyl groups is 1. The van der Waals surface area contributed by atoms with E-state index in [1.807, 2.05) is 0 Å². The quantitative estimate of drug-likeness (QED) is 0.826. The lowest BCUT2D eigenvalue weighted by Gasteiger charge is -2.38. The Kier molecular flexibility index (Phi) is 3.37. The second kappa shape index (κ2) is 4.95. The molecule has 0 saturated heterocycles. The van der Waals surface area contributed by atoms with Gasteiger partial charge < -0.3 is 10.0 Å². The molecule has 0 spiro atoms. The van der Waals surface area contributed by atoms with E-state index >= 15 is 0 Å². The van der Waals surface area contributed by atoms with E-state index in [-0.39, 0.29) is 6.61 Å². The predicted molar refractivity (Wildman–Crippen MR) is 61.0 cm³/mol. The van der Waals surface area contributed by atoms with Crippen molar-refractivity contribution in [2.75, 3.05) is 18.1 Å². The number of aromatic nitrogens is 1. The summed E-state index contributed by atoms with van der Waals surface area (Å²) in [6.07, 6.45) is 5.17. The van der Waals surface area contributed by atoms with Crippen molar-refractivity contribution in [3.63, 3.8) is 0 Å². The highest BCUT2D eigenvalue weighted by atomic mass is 16.3. The van der Waals surface area contributed by atoms with E-state index in [0.29, 0.717) is 24.0 Å². The first-order valence-electron chi connectivity index (χ1n) is 5.59. The molecular weight excluding hydrogens is 202 g/mol. The van der Waals surface area contributed by atoms with Crippen LogP contribution in [0.25, 0.3) is 0 Å². The second-order valence-electron chi connectivity index (χ2n) is 3.99. The lowest BCUT2D eigenvalue weighted by atomic mass is 9.91. The summed E-state index contributed by atoms with van der Waals surface area (Å²) in [5.41, 5.74) is 0.586. The van der Waals surface area contributed by atoms with Crippen molar-refractivity contribution in [2.45, 2.75) is 25.3 Å². The van der Waals surface area contributed by atoms with Crippen LogP contribution in [0.3, 0.4) is 0 Å². The number of hydrogen-bond acceptors (Lipinski definition) is 4. The van der Waals surface area contributed by atoms with E-state index in [1.54, 1.807) is 18.3 Å². The number of nitrogens with zero attached hydrogens (tertiary/aromatic N) is 3. The number of pyridine rings is 1. The van der Waals surface area contributed by atoms with Crippen molar-refractivity contribution < 1.29 is 5.11 Å². The van der Waals surface area contributed by atoms with Gasteiger partial charge in [-0.05, 0) is 31.4 Å². The van der Waals surface area contributed by atoms with Crippen LogP contribution < -0.4 is 4.90 Å². The summed E-state index contributed by atoms with van der Waals surface area (Å²) in [6.45, 7) is 0.647. The van der Waals surface area contributed by atoms with Gasteiger partial charge in [-0.15, -0.1) is 0 Å². The summed E-state index contributed by atoms with van der Waals surface area (Å²) >= 11 is 0. The van der Waals surface area contributed by atoms with Gasteiger partial charge in [0.25, 0.3) is 0 Å². The minimum absolute atomic E-state index is 0.0952. The number of hydrogen-bond donors (Lipinski definition) is 1. The van der Waals surface area contributed by atoms with Gasteiger partial charge in [-0.3, -0.25) is 0 Å². The van der Waals surface area contributed by atoms with Crippen molar-refractivity contribution in [3.05, 3.63) is 23.9 Å². The Hall–Kier alpha value is -1.60. The van der Waals surface area contributed by atoms with Crippen LogP contribution >= 0.6 is 0 Å². The fourth-order valence-electron chi connectivity index (χ4n) is 1.98. The fourth-order valence-corrected chi connectivity index (χ4v) is 1.98. The van der Waals surface area contributed by atoms with Gasteiger partial charge in [0, 0.05) is 18.8 Å². The average Bonchev–Trinajstić information content (AvgIpc) is 2.26. The SMILES string of the molecule is N#Cc1cccnc1N(CCO)C1CCC1. The highest BCUT2D eigenvalue weighted by molar-refractivity contribution is 5.54. The second-order valence-corrected chi connectivity index (χ2v) is 3.99. The maximum Gasteiger partial charge on any atom is 0.146 e. The summed E-state index contributed by atoms with van der Waals surface area (Å²) in [6, 6.07) is 6.12. The molecule has 1 heterocycles. The minimum Gasteiger partial charge on any atom is -0.395 e. The predicted octanol–water partition coefficient (Wildman–Crippen LogP) is 1.30. The zero-order valence-corrected chi connectivity index (χ0v) is 9.13. The Labute approximate surface area is 95.1 Å². The summed E-state index contributed by atoms with van der Waals surface area (Å²) in [7, 11) is 0. The molecule has 0 atom stereocenters. The van der Waals surface area contributed by atoms with Crippen LogP contribution in [-0.4, -0.2) is 29.3 Å². The Morgan fingerprint density at radius 2 is 2.38 bits per heavy atom. The molecule has 0 bridgehead atoms. The molecule has 1 aliphatic carbocycles. The molecule has 0 amide bonds. The van der Waals surface area contributed by atoms with Gasteiger partial charge in [-0.2, -0.15) is 5.26 Å². The van der Waals surface area contributed by atoms with Crippen molar-refractivity contribution in [1.82, 2.24) is 4.98 Å². The maximum atomic E-state index is 9.08. The smallest absolute Gasteiger partial charge is 0.146 e. The van der Waals surface area contributed by atoms with Gasteiger partial charge in [0.05, 0.1) is 12.2 Å². The summed E-state index contributed by atoms with van der Waals surface area (Å²) in [5, 5.41) is 18.1. The van der Waals surface area contributed by atoms with Crippen LogP contribution in [-0.2, 0) is 0 Å². The Bertz CT molecular complexity index is 395. The molecule has 4 heteroatoms. The summed E-state index contributed by atoms with van der Waals surface area (Å²) < 4.78 is 0. The van der Waals surface area contributed by atoms with Gasteiger partial charge in [0.1, 0.15) is 11.9 Å². The van der Waals surface area contributed by atoms with E-state index in [2.05, 4.69) is 16.0 Å². The third kappa shape index (κ3) is 2.00. The van der Waals surface area contributed by atoms with E-state index < -0.39 is 0 Å². The topological polar surface area (TPSA) is 60.2 Å². The zero-order valence-electron chi connectivity index (χ0n) is 9.13. The lowest BCUT2D eigenvalue weighted by Crippen LogP contribution is -2.42. The first-order chi connectivity index (χ1) is 7.86. The molecule has 0 aliphatic heterocycles. The van der Waals surface area contributed by atoms with Crippen LogP contribution in [0.1, 0.15) is 24.8 Å². The number of rotatable bonds is 4. The van der Waals surface area contributed by atoms with Gasteiger partial charge in [0.2, 0.25) is 0 Å². The molecule has 0 unspecified atom stereocenters. The summed E-state index contributed by atoms with van der Waals surface area (Å²) in [5.74, 6) is 0.712. The van der Waals surface area contributed by atoms with Crippen LogP contribution in [0, 0.1) is 11.3 Å². The van der Waals surface area contributed by atoms with E-state index in [0.717, 1.165) is 12.8 Å². The Balaban J connectivity index is 2.27. The number of aliphatic hydroxyl groups excluding tert-OH is 1.